The number of hydrogen-bond acceptors (Lipinski definition) is 5. The number of aliphatic hydroxyl groups excluding tert-OH is 1. The first-order valence-electron chi connectivity index (χ1n) is 39.6. The number of amides is 1. The van der Waals surface area contributed by atoms with Gasteiger partial charge in [0.1, 0.15) is 13.2 Å². The highest BCUT2D eigenvalue weighted by atomic mass is 31.2. The minimum Gasteiger partial charge on any atom is -0.391 e. The number of likely N-dealkylation sites (N-methyl/N-ethyl adjacent to an activating group) is 1. The van der Waals surface area contributed by atoms with Gasteiger partial charge in [0.15, 0.2) is 0 Å². The molecule has 0 aliphatic rings. The summed E-state index contributed by atoms with van der Waals surface area (Å²) in [5.74, 6) is -0.133. The van der Waals surface area contributed by atoms with E-state index >= 15 is 0 Å². The van der Waals surface area contributed by atoms with Crippen molar-refractivity contribution in [2.24, 2.45) is 0 Å². The fourth-order valence-corrected chi connectivity index (χ4v) is 13.4. The number of quaternary nitrogens is 1. The molecule has 3 N–H and O–H groups in total. The molecule has 0 aliphatic carbocycles. The Bertz CT molecular complexity index is 1420. The van der Waals surface area contributed by atoms with E-state index in [1.54, 1.807) is 0 Å². The van der Waals surface area contributed by atoms with E-state index in [1.165, 1.54) is 366 Å². The number of carbonyl (C=O) groups is 1. The van der Waals surface area contributed by atoms with Crippen molar-refractivity contribution >= 4 is 13.7 Å². The summed E-state index contributed by atoms with van der Waals surface area (Å²) in [6.45, 7) is 4.96. The van der Waals surface area contributed by atoms with Crippen molar-refractivity contribution in [3.8, 4) is 0 Å². The van der Waals surface area contributed by atoms with Gasteiger partial charge in [-0.25, -0.2) is 4.57 Å². The Balaban J connectivity index is 3.85. The molecule has 1 amide bonds. The Labute approximate surface area is 545 Å². The molecular formula is C78H158N2O6P+. The van der Waals surface area contributed by atoms with Gasteiger partial charge in [0.2, 0.25) is 5.91 Å². The lowest BCUT2D eigenvalue weighted by Crippen LogP contribution is -2.46. The Kier molecular flexibility index (Phi) is 69.0. The van der Waals surface area contributed by atoms with Gasteiger partial charge in [0.25, 0.3) is 0 Å². The fraction of sp³-hybridized carbons (Fsp3) is 0.962. The van der Waals surface area contributed by atoms with E-state index < -0.39 is 20.0 Å². The number of hydrogen-bond donors (Lipinski definition) is 3. The highest BCUT2D eigenvalue weighted by Gasteiger charge is 2.28. The van der Waals surface area contributed by atoms with E-state index in [4.69, 9.17) is 9.05 Å². The van der Waals surface area contributed by atoms with E-state index in [-0.39, 0.29) is 19.1 Å². The lowest BCUT2D eigenvalue weighted by molar-refractivity contribution is -0.870. The third-order valence-electron chi connectivity index (χ3n) is 18.8. The van der Waals surface area contributed by atoms with Crippen LogP contribution in [0.15, 0.2) is 12.2 Å². The minimum absolute atomic E-state index is 0.0790. The first-order chi connectivity index (χ1) is 42.5. The zero-order chi connectivity index (χ0) is 63.4. The summed E-state index contributed by atoms with van der Waals surface area (Å²) in [7, 11) is 1.64. The van der Waals surface area contributed by atoms with Gasteiger partial charge in [-0.15, -0.1) is 0 Å². The highest BCUT2D eigenvalue weighted by molar-refractivity contribution is 7.47. The number of allylic oxidation sites excluding steroid dienone is 2. The molecule has 3 atom stereocenters. The number of rotatable bonds is 75. The molecule has 0 saturated carbocycles. The Hall–Kier alpha value is -0.760. The molecule has 0 heterocycles. The molecule has 87 heavy (non-hydrogen) atoms. The Morgan fingerprint density at radius 2 is 0.621 bits per heavy atom. The first kappa shape index (κ1) is 86.2. The molecular weight excluding hydrogens is 1090 g/mol. The van der Waals surface area contributed by atoms with Crippen LogP contribution in [0.4, 0.5) is 0 Å². The molecule has 0 aromatic heterocycles. The van der Waals surface area contributed by atoms with Crippen LogP contribution in [0.25, 0.3) is 0 Å². The fourth-order valence-electron chi connectivity index (χ4n) is 12.6. The summed E-state index contributed by atoms with van der Waals surface area (Å²) < 4.78 is 23.9. The SMILES string of the molecule is CCCCCCCCCC/C=C\CCCCCCCCCCCCCCCCCCCCCCCCCCCCCCCC(=O)NC(COP(=O)(O)OCC[N+](C)(C)C)C(O)CCCCCCCCCCCCCCCCCCCCCCCCCC. The van der Waals surface area contributed by atoms with Gasteiger partial charge >= 0.3 is 7.82 Å². The second kappa shape index (κ2) is 69.6. The van der Waals surface area contributed by atoms with Crippen LogP contribution in [0, 0.1) is 0 Å². The molecule has 0 aromatic rings. The smallest absolute Gasteiger partial charge is 0.391 e. The van der Waals surface area contributed by atoms with E-state index in [0.29, 0.717) is 23.9 Å². The van der Waals surface area contributed by atoms with Gasteiger partial charge in [-0.05, 0) is 38.5 Å². The Morgan fingerprint density at radius 3 is 0.885 bits per heavy atom. The summed E-state index contributed by atoms with van der Waals surface area (Å²) in [5, 5.41) is 14.2. The average Bonchev–Trinajstić information content (AvgIpc) is 3.71. The van der Waals surface area contributed by atoms with Crippen LogP contribution >= 0.6 is 7.82 Å². The van der Waals surface area contributed by atoms with E-state index in [0.717, 1.165) is 38.5 Å². The lowest BCUT2D eigenvalue weighted by Gasteiger charge is -2.26. The number of phosphoric acid groups is 1. The van der Waals surface area contributed by atoms with Crippen LogP contribution in [-0.4, -0.2) is 73.4 Å². The van der Waals surface area contributed by atoms with Crippen molar-refractivity contribution in [3.63, 3.8) is 0 Å². The lowest BCUT2D eigenvalue weighted by atomic mass is 10.0. The maximum absolute atomic E-state index is 13.1. The molecule has 0 fully saturated rings. The molecule has 0 saturated heterocycles. The minimum atomic E-state index is -4.33. The number of aliphatic hydroxyl groups is 1. The van der Waals surface area contributed by atoms with E-state index in [2.05, 4.69) is 31.3 Å². The van der Waals surface area contributed by atoms with Crippen molar-refractivity contribution in [1.82, 2.24) is 5.32 Å². The molecule has 520 valence electrons. The van der Waals surface area contributed by atoms with Crippen molar-refractivity contribution in [3.05, 3.63) is 12.2 Å². The zero-order valence-electron chi connectivity index (χ0n) is 59.8. The largest absolute Gasteiger partial charge is 0.472 e. The van der Waals surface area contributed by atoms with Crippen molar-refractivity contribution in [2.45, 2.75) is 443 Å². The quantitative estimate of drug-likeness (QED) is 0.0243. The Morgan fingerprint density at radius 1 is 0.379 bits per heavy atom. The topological polar surface area (TPSA) is 105 Å². The monoisotopic (exact) mass is 1250 g/mol. The maximum atomic E-state index is 13.1. The predicted molar refractivity (Wildman–Crippen MR) is 383 cm³/mol. The zero-order valence-corrected chi connectivity index (χ0v) is 60.7. The van der Waals surface area contributed by atoms with Crippen LogP contribution in [0.3, 0.4) is 0 Å². The molecule has 3 unspecified atom stereocenters. The van der Waals surface area contributed by atoms with Gasteiger partial charge < -0.3 is 19.8 Å². The maximum Gasteiger partial charge on any atom is 0.472 e. The van der Waals surface area contributed by atoms with E-state index in [1.807, 2.05) is 21.1 Å². The molecule has 0 rings (SSSR count). The van der Waals surface area contributed by atoms with Crippen molar-refractivity contribution < 1.29 is 32.9 Å². The van der Waals surface area contributed by atoms with Crippen molar-refractivity contribution in [2.75, 3.05) is 40.9 Å². The number of phosphoric ester groups is 1. The molecule has 0 radical (unpaired) electrons. The number of unbranched alkanes of at least 4 members (excludes halogenated alkanes) is 60. The number of carbonyl (C=O) groups excluding carboxylic acids is 1. The molecule has 0 bridgehead atoms. The standard InChI is InChI=1S/C78H157N2O6P/c1-6-8-10-12-14-16-18-20-22-24-26-28-30-32-33-34-35-36-37-38-39-40-41-42-43-44-45-46-47-48-50-52-54-56-58-60-62-64-66-68-70-72-78(82)79-76(75-86-87(83,84)85-74-73-80(3,4)5)77(81)71-69-67-65-63-61-59-57-55-53-51-49-31-29-27-25-23-21-19-17-15-13-11-9-7-2/h24,26,76-77,81H,6-23,25,27-75H2,1-5H3,(H-,79,82,83,84)/p+1/b26-24-. The summed E-state index contributed by atoms with van der Waals surface area (Å²) in [6, 6.07) is -0.758. The molecule has 8 nitrogen and oxygen atoms in total. The third kappa shape index (κ3) is 72.5. The average molecular weight is 1250 g/mol. The van der Waals surface area contributed by atoms with Crippen LogP contribution in [0.1, 0.15) is 431 Å². The van der Waals surface area contributed by atoms with Gasteiger partial charge in [0, 0.05) is 6.42 Å². The molecule has 0 spiro atoms. The van der Waals surface area contributed by atoms with Gasteiger partial charge in [-0.3, -0.25) is 13.8 Å². The van der Waals surface area contributed by atoms with Crippen LogP contribution in [-0.2, 0) is 18.4 Å². The highest BCUT2D eigenvalue weighted by Crippen LogP contribution is 2.43. The molecule has 0 aliphatic heterocycles. The summed E-state index contributed by atoms with van der Waals surface area (Å²) in [5.41, 5.74) is 0. The number of nitrogens with zero attached hydrogens (tertiary/aromatic N) is 1. The van der Waals surface area contributed by atoms with Crippen LogP contribution < -0.4 is 5.32 Å². The van der Waals surface area contributed by atoms with Crippen LogP contribution in [0.2, 0.25) is 0 Å². The first-order valence-corrected chi connectivity index (χ1v) is 41.0. The second-order valence-corrected chi connectivity index (χ2v) is 30.3. The normalized spacial score (nSPS) is 13.5. The number of nitrogens with one attached hydrogen (secondary N) is 1. The second-order valence-electron chi connectivity index (χ2n) is 28.8. The summed E-state index contributed by atoms with van der Waals surface area (Å²) in [4.78, 5) is 23.5. The van der Waals surface area contributed by atoms with Crippen molar-refractivity contribution in [1.29, 1.82) is 0 Å². The van der Waals surface area contributed by atoms with Gasteiger partial charge in [-0.2, -0.15) is 0 Å². The summed E-state index contributed by atoms with van der Waals surface area (Å²) in [6.07, 6.45) is 90.8. The third-order valence-corrected chi connectivity index (χ3v) is 19.7. The van der Waals surface area contributed by atoms with Gasteiger partial charge in [-0.1, -0.05) is 398 Å². The molecule has 9 heteroatoms. The molecule has 0 aromatic carbocycles. The summed E-state index contributed by atoms with van der Waals surface area (Å²) >= 11 is 0. The van der Waals surface area contributed by atoms with E-state index in [9.17, 15) is 19.4 Å². The predicted octanol–water partition coefficient (Wildman–Crippen LogP) is 25.6. The van der Waals surface area contributed by atoms with Crippen LogP contribution in [0.5, 0.6) is 0 Å². The van der Waals surface area contributed by atoms with Gasteiger partial charge in [0.05, 0.1) is 39.9 Å².